The number of carboxylic acids is 1. The van der Waals surface area contributed by atoms with Crippen molar-refractivity contribution < 1.29 is 132 Å². The molecule has 7 amide bonds. The van der Waals surface area contributed by atoms with Gasteiger partial charge in [-0.05, 0) is 148 Å². The molecule has 8 aliphatic heterocycles. The molecule has 6 aromatic carbocycles. The number of likely N-dealkylation sites (N-methyl/N-ethyl adjacent to an activating group) is 1. The van der Waals surface area contributed by atoms with Crippen LogP contribution in [-0.2, 0) is 68.6 Å². The monoisotopic (exact) mass is 1860 g/mol. The van der Waals surface area contributed by atoms with Crippen molar-refractivity contribution in [1.29, 1.82) is 0 Å². The molecule has 3 fully saturated rings. The van der Waals surface area contributed by atoms with E-state index in [0.717, 1.165) is 73.4 Å². The quantitative estimate of drug-likeness (QED) is 0.0215. The third-order valence-electron chi connectivity index (χ3n) is 24.5. The molecule has 0 saturated carbocycles. The summed E-state index contributed by atoms with van der Waals surface area (Å²) in [6.07, 6.45) is -11.1. The number of nitrogens with two attached hydrogens (primary N) is 2. The van der Waals surface area contributed by atoms with Crippen LogP contribution in [0.25, 0.3) is 11.1 Å². The van der Waals surface area contributed by atoms with Crippen LogP contribution in [-0.4, -0.2) is 222 Å². The number of primary amides is 1. The second kappa shape index (κ2) is 43.6. The summed E-state index contributed by atoms with van der Waals surface area (Å²) in [6.45, 7) is 11.9. The van der Waals surface area contributed by atoms with Crippen LogP contribution < -0.4 is 72.9 Å². The summed E-state index contributed by atoms with van der Waals surface area (Å²) in [7, 11) is 1.48. The second-order valence-electron chi connectivity index (χ2n) is 35.2. The summed E-state index contributed by atoms with van der Waals surface area (Å²) in [5.41, 5.74) is 7.86. The average molecular weight is 1870 g/mol. The standard InChI is InChI=1S/C92H118Cl2N10O27/c1-9-10-11-12-13-14-15-16-17-18-29-123-52-24-19-46(20-25-52)41-98-92(7)40-68(125-45(5)82(92)114)130-80-77(112)76(111)65(42-105)128-90(80)131-79-63-34-50-35-64(79)127-62-28-23-49(33-56(62)94)78(129-67-39-91(6,96)81(113)44(4)124-67)74-88(120)102-72(89(121)122)54-36-51(106)37-60(108)69(54)53-31-47(21-26-59(53)107)70(85(117)104-74)101-86(118)71(50)100-84(116)58(38-66(95)109)99-87(119)73(103-83(115)57(97-8)30-43(2)3)75(110)48-22-27-61(126-63)55(93)32-48/h19-28,31-37,43-45,57-58,65,67-68,70-78,80-82,90,97-98,105-108,110-114H,9-18,29-30,38-42,96H2,1-8H3,(H2,95,109)(H,99,119)(H,100,116)(H,101,118)(H,102,120)(H,103,115)(H,104,117)(H,121,122)/t44-,45-,57+,58-,65+,67-,68-,70+,71+,72?,73+,74-,75+,76+,77-,78+,80+,81-,82-,90-,91-,92-/m0/s1. The molecule has 0 aliphatic carbocycles. The van der Waals surface area contributed by atoms with Crippen LogP contribution in [0.1, 0.15) is 202 Å². The lowest BCUT2D eigenvalue weighted by atomic mass is 9.84. The van der Waals surface area contributed by atoms with Gasteiger partial charge < -0.3 is 148 Å². The molecule has 22 atom stereocenters. The van der Waals surface area contributed by atoms with Gasteiger partial charge in [-0.2, -0.15) is 0 Å². The minimum Gasteiger partial charge on any atom is -0.508 e. The summed E-state index contributed by atoms with van der Waals surface area (Å²) < 4.78 is 59.2. The lowest BCUT2D eigenvalue weighted by molar-refractivity contribution is -0.334. The molecule has 37 nitrogen and oxygen atoms in total. The molecule has 14 rings (SSSR count). The van der Waals surface area contributed by atoms with Crippen LogP contribution >= 0.6 is 23.2 Å². The number of phenolic OH excluding ortho intramolecular Hbond substituents is 3. The van der Waals surface area contributed by atoms with Crippen molar-refractivity contribution in [3.05, 3.63) is 147 Å². The summed E-state index contributed by atoms with van der Waals surface area (Å²) in [4.78, 5) is 121. The molecule has 0 radical (unpaired) electrons. The second-order valence-corrected chi connectivity index (χ2v) is 36.0. The van der Waals surface area contributed by atoms with Crippen molar-refractivity contribution in [2.75, 3.05) is 20.3 Å². The van der Waals surface area contributed by atoms with Crippen molar-refractivity contribution in [2.45, 2.75) is 278 Å². The summed E-state index contributed by atoms with van der Waals surface area (Å²) in [5.74, 6) is -15.4. The maximum absolute atomic E-state index is 16.6. The molecule has 8 aliphatic rings. The zero-order chi connectivity index (χ0) is 94.8. The Morgan fingerprint density at radius 3 is 1.84 bits per heavy atom. The van der Waals surface area contributed by atoms with E-state index >= 15 is 24.0 Å². The van der Waals surface area contributed by atoms with Crippen molar-refractivity contribution in [3.63, 3.8) is 0 Å². The van der Waals surface area contributed by atoms with Gasteiger partial charge in [0.1, 0.15) is 95.2 Å². The lowest BCUT2D eigenvalue weighted by Crippen LogP contribution is -2.65. The summed E-state index contributed by atoms with van der Waals surface area (Å²) >= 11 is 14.7. The van der Waals surface area contributed by atoms with Gasteiger partial charge in [0, 0.05) is 53.2 Å². The number of carbonyl (C=O) groups is 8. The van der Waals surface area contributed by atoms with Crippen molar-refractivity contribution in [3.8, 4) is 62.9 Å². The first-order valence-corrected chi connectivity index (χ1v) is 44.8. The molecule has 0 aromatic heterocycles. The number of amides is 7. The Balaban J connectivity index is 1.02. The highest BCUT2D eigenvalue weighted by atomic mass is 35.5. The van der Waals surface area contributed by atoms with Gasteiger partial charge in [-0.25, -0.2) is 4.79 Å². The Morgan fingerprint density at radius 1 is 0.634 bits per heavy atom. The molecule has 0 spiro atoms. The molecule has 22 N–H and O–H groups in total. The van der Waals surface area contributed by atoms with Crippen molar-refractivity contribution in [1.82, 2.24) is 42.5 Å². The van der Waals surface area contributed by atoms with E-state index in [-0.39, 0.29) is 59.2 Å². The number of carbonyl (C=O) groups excluding carboxylic acids is 7. The van der Waals surface area contributed by atoms with E-state index < -0.39 is 261 Å². The molecule has 1 unspecified atom stereocenters. The number of hydrogen-bond donors (Lipinski definition) is 20. The maximum atomic E-state index is 16.6. The van der Waals surface area contributed by atoms with Crippen LogP contribution in [0.2, 0.25) is 10.0 Å². The fraction of sp³-hybridized carbons (Fsp3) is 0.522. The van der Waals surface area contributed by atoms with Gasteiger partial charge in [0.25, 0.3) is 0 Å². The third-order valence-corrected chi connectivity index (χ3v) is 25.1. The van der Waals surface area contributed by atoms with Gasteiger partial charge >= 0.3 is 5.97 Å². The van der Waals surface area contributed by atoms with E-state index in [0.29, 0.717) is 12.4 Å². The smallest absolute Gasteiger partial charge is 0.330 e. The number of aliphatic hydroxyl groups is 6. The predicted octanol–water partition coefficient (Wildman–Crippen LogP) is 6.47. The molecule has 3 saturated heterocycles. The highest BCUT2D eigenvalue weighted by Gasteiger charge is 2.53. The van der Waals surface area contributed by atoms with Crippen LogP contribution in [0.5, 0.6) is 51.7 Å². The Bertz CT molecular complexity index is 5100. The van der Waals surface area contributed by atoms with Gasteiger partial charge in [-0.1, -0.05) is 132 Å². The Hall–Kier alpha value is -10.3. The zero-order valence-electron chi connectivity index (χ0n) is 73.8. The average Bonchev–Trinajstić information content (AvgIpc) is 0.765. The molecule has 131 heavy (non-hydrogen) atoms. The molecular formula is C92H118Cl2N10O27. The van der Waals surface area contributed by atoms with E-state index in [4.69, 9.17) is 77.3 Å². The molecular weight excluding hydrogens is 1750 g/mol. The van der Waals surface area contributed by atoms with E-state index in [9.17, 15) is 65.4 Å². The predicted molar refractivity (Wildman–Crippen MR) is 472 cm³/mol. The van der Waals surface area contributed by atoms with Crippen molar-refractivity contribution in [2.24, 2.45) is 17.4 Å². The normalized spacial score (nSPS) is 28.9. The number of aromatic hydroxyl groups is 3. The number of phenols is 3. The largest absolute Gasteiger partial charge is 0.508 e. The summed E-state index contributed by atoms with van der Waals surface area (Å²) in [5, 5.41) is 138. The minimum absolute atomic E-state index is 0.118. The number of aliphatic carboxylic acids is 1. The molecule has 39 heteroatoms. The first kappa shape index (κ1) is 99.7. The minimum atomic E-state index is -2.39. The number of ether oxygens (including phenoxy) is 9. The highest BCUT2D eigenvalue weighted by Crippen LogP contribution is 2.51. The van der Waals surface area contributed by atoms with Crippen LogP contribution in [0.4, 0.5) is 0 Å². The van der Waals surface area contributed by atoms with Gasteiger partial charge in [-0.15, -0.1) is 0 Å². The number of unbranched alkanes of at least 4 members (excludes halogenated alkanes) is 9. The SMILES string of the molecule is CCCCCCCCCCCCOc1ccc(CN[C@@]2(C)C[C@H](O[C@H]3[C@H](Oc4c5cc6cc4Oc4ccc(cc4Cl)[C@@H](O[C@H]4C[C@](C)(N)[C@@H](O)[C@H](C)O4)[C@@H]4NC(=O)[C@H](NC(=O)[C@@H]6NC(=O)[C@H](CC(N)=O)NC(=O)[C@H](NC(=O)[C@@H](CC(C)C)NC)[C@H](O)c6ccc(c(Cl)c6)O5)c5ccc(O)c(c5)-c5c(O)cc(O)cc5C(C(=O)O)NC4=O)O[C@H](CO)[C@@H](O)[C@@H]3O)O[C@@H](C)[C@@H]2O)cc1. The van der Waals surface area contributed by atoms with E-state index in [1.807, 2.05) is 38.1 Å². The number of halogens is 2. The summed E-state index contributed by atoms with van der Waals surface area (Å²) in [6, 6.07) is 7.17. The van der Waals surface area contributed by atoms with Gasteiger partial charge in [0.2, 0.25) is 53.4 Å². The fourth-order valence-electron chi connectivity index (χ4n) is 17.2. The highest BCUT2D eigenvalue weighted by molar-refractivity contribution is 6.32. The van der Waals surface area contributed by atoms with Crippen LogP contribution in [0, 0.1) is 5.92 Å². The first-order chi connectivity index (χ1) is 62.3. The third kappa shape index (κ3) is 23.8. The topological polar surface area (TPSA) is 570 Å². The number of rotatable bonds is 30. The first-order valence-electron chi connectivity index (χ1n) is 44.0. The zero-order valence-corrected chi connectivity index (χ0v) is 75.3. The lowest BCUT2D eigenvalue weighted by Gasteiger charge is -2.48. The van der Waals surface area contributed by atoms with Crippen molar-refractivity contribution >= 4 is 70.5 Å². The Morgan fingerprint density at radius 2 is 1.23 bits per heavy atom. The molecule has 6 aromatic rings. The molecule has 8 heterocycles. The van der Waals surface area contributed by atoms with E-state index in [2.05, 4.69) is 49.5 Å². The van der Waals surface area contributed by atoms with Gasteiger partial charge in [0.15, 0.2) is 36.2 Å². The van der Waals surface area contributed by atoms with E-state index in [1.54, 1.807) is 13.8 Å². The van der Waals surface area contributed by atoms with Gasteiger partial charge in [0.05, 0.1) is 60.1 Å². The van der Waals surface area contributed by atoms with E-state index in [1.165, 1.54) is 96.2 Å². The molecule has 712 valence electrons. The number of carboxylic acid groups (broad SMARTS) is 1. The molecule has 11 bridgehead atoms. The number of fused-ring (bicyclic) bond motifs is 15. The number of hydrogen-bond acceptors (Lipinski definition) is 29. The van der Waals surface area contributed by atoms with Crippen LogP contribution in [0.3, 0.4) is 0 Å². The Labute approximate surface area is 766 Å². The Kier molecular flexibility index (Phi) is 33.2. The fourth-order valence-corrected chi connectivity index (χ4v) is 17.6. The number of benzene rings is 6. The maximum Gasteiger partial charge on any atom is 0.330 e. The number of aliphatic hydroxyl groups excluding tert-OH is 6. The van der Waals surface area contributed by atoms with Gasteiger partial charge in [-0.3, -0.25) is 33.6 Å². The van der Waals surface area contributed by atoms with Crippen LogP contribution in [0.15, 0.2) is 103 Å². The number of nitrogens with one attached hydrogen (secondary N) is 8.